The average molecular weight is 619 g/mol. The van der Waals surface area contributed by atoms with Crippen molar-refractivity contribution in [3.8, 4) is 11.5 Å². The minimum atomic E-state index is -1.26. The summed E-state index contributed by atoms with van der Waals surface area (Å²) in [7, 11) is 4.76. The summed E-state index contributed by atoms with van der Waals surface area (Å²) in [5.41, 5.74) is 0.222. The first-order valence-corrected chi connectivity index (χ1v) is 14.6. The number of hydrogen-bond acceptors (Lipinski definition) is 9. The molecule has 5 rings (SSSR count). The van der Waals surface area contributed by atoms with Crippen molar-refractivity contribution in [1.82, 2.24) is 9.55 Å². The van der Waals surface area contributed by atoms with Gasteiger partial charge >= 0.3 is 5.69 Å². The Morgan fingerprint density at radius 2 is 1.40 bits per heavy atom. The van der Waals surface area contributed by atoms with E-state index in [1.807, 2.05) is 78.9 Å². The van der Waals surface area contributed by atoms with Crippen molar-refractivity contribution in [3.05, 3.63) is 128 Å². The summed E-state index contributed by atoms with van der Waals surface area (Å²) in [6.07, 6.45) is -2.35. The maximum Gasteiger partial charge on any atom is 0.330 e. The monoisotopic (exact) mass is 618 g/mol. The molecule has 11 nitrogen and oxygen atoms in total. The second-order valence-corrected chi connectivity index (χ2v) is 10.6. The number of methoxy groups -OCH3 is 3. The minimum absolute atomic E-state index is 0.152. The number of ether oxygens (including phenoxy) is 6. The van der Waals surface area contributed by atoms with E-state index in [1.54, 1.807) is 28.3 Å². The van der Waals surface area contributed by atoms with Crippen LogP contribution in [-0.4, -0.2) is 74.1 Å². The zero-order valence-electron chi connectivity index (χ0n) is 25.7. The van der Waals surface area contributed by atoms with Gasteiger partial charge in [0.1, 0.15) is 35.4 Å². The molecule has 1 aromatic heterocycles. The van der Waals surface area contributed by atoms with Crippen LogP contribution < -0.4 is 20.7 Å². The van der Waals surface area contributed by atoms with Crippen LogP contribution in [0.4, 0.5) is 0 Å². The Kier molecular flexibility index (Phi) is 10.2. The van der Waals surface area contributed by atoms with Gasteiger partial charge in [0.15, 0.2) is 6.23 Å². The molecule has 0 bridgehead atoms. The van der Waals surface area contributed by atoms with E-state index in [-0.39, 0.29) is 13.2 Å². The van der Waals surface area contributed by atoms with Gasteiger partial charge in [-0.2, -0.15) is 0 Å². The third-order valence-electron chi connectivity index (χ3n) is 7.97. The van der Waals surface area contributed by atoms with Crippen molar-refractivity contribution in [3.63, 3.8) is 0 Å². The number of aromatic amines is 1. The van der Waals surface area contributed by atoms with Crippen LogP contribution >= 0.6 is 0 Å². The zero-order chi connectivity index (χ0) is 32.0. The number of aliphatic hydroxyl groups is 1. The van der Waals surface area contributed by atoms with Gasteiger partial charge in [0.05, 0.1) is 34.0 Å². The molecule has 238 valence electrons. The van der Waals surface area contributed by atoms with Crippen molar-refractivity contribution in [1.29, 1.82) is 0 Å². The number of nitrogens with one attached hydrogen (secondary N) is 1. The summed E-state index contributed by atoms with van der Waals surface area (Å²) in [5, 5.41) is 10.6. The van der Waals surface area contributed by atoms with E-state index in [0.29, 0.717) is 17.1 Å². The van der Waals surface area contributed by atoms with Crippen molar-refractivity contribution in [2.75, 3.05) is 41.2 Å². The first-order chi connectivity index (χ1) is 21.9. The predicted molar refractivity (Wildman–Crippen MR) is 166 cm³/mol. The smallest absolute Gasteiger partial charge is 0.330 e. The second kappa shape index (κ2) is 14.2. The minimum Gasteiger partial charge on any atom is -0.497 e. The Bertz CT molecular complexity index is 1610. The standard InChI is InChI=1S/C34H38N2O9/c1-22-20-36(33(39)35-31(22)38)32-30(43-19-18-40-2)29(28(21-37)44-32)45-34(23-8-6-5-7-9-23,24-10-14-26(41-3)15-11-24)25-12-16-27(42-4)17-13-25/h5-17,20,28-30,32,37H,18-19,21H2,1-4H3,(H,35,38,39)/t28-,29+,30?,32-/m1/s1. The number of aryl methyl sites for hydroxylation is 1. The lowest BCUT2D eigenvalue weighted by atomic mass is 9.79. The van der Waals surface area contributed by atoms with E-state index in [0.717, 1.165) is 16.7 Å². The summed E-state index contributed by atoms with van der Waals surface area (Å²) in [5.74, 6) is 1.34. The van der Waals surface area contributed by atoms with Crippen molar-refractivity contribution >= 4 is 0 Å². The third kappa shape index (κ3) is 6.44. The number of H-pyrrole nitrogens is 1. The molecular weight excluding hydrogens is 580 g/mol. The van der Waals surface area contributed by atoms with Gasteiger partial charge in [0.25, 0.3) is 5.56 Å². The fourth-order valence-electron chi connectivity index (χ4n) is 5.67. The highest BCUT2D eigenvalue weighted by Gasteiger charge is 2.52. The van der Waals surface area contributed by atoms with E-state index in [4.69, 9.17) is 28.4 Å². The Hall–Kier alpha value is -4.26. The lowest BCUT2D eigenvalue weighted by Crippen LogP contribution is -2.47. The van der Waals surface area contributed by atoms with Crippen LogP contribution in [0.3, 0.4) is 0 Å². The van der Waals surface area contributed by atoms with Gasteiger partial charge in [-0.3, -0.25) is 14.3 Å². The molecule has 1 aliphatic heterocycles. The Balaban J connectivity index is 1.72. The molecular formula is C34H38N2O9. The molecule has 11 heteroatoms. The zero-order valence-corrected chi connectivity index (χ0v) is 25.7. The van der Waals surface area contributed by atoms with E-state index >= 15 is 0 Å². The SMILES string of the molecule is COCCOC1[C@@H](OC(c2ccccc2)(c2ccc(OC)cc2)c2ccc(OC)cc2)[C@@H](CO)O[C@H]1n1cc(C)c(=O)[nH]c1=O. The molecule has 2 heterocycles. The van der Waals surface area contributed by atoms with Gasteiger partial charge in [-0.15, -0.1) is 0 Å². The third-order valence-corrected chi connectivity index (χ3v) is 7.97. The van der Waals surface area contributed by atoms with Crippen molar-refractivity contribution < 1.29 is 33.5 Å². The lowest BCUT2D eigenvalue weighted by molar-refractivity contribution is -0.129. The number of aliphatic hydroxyl groups excluding tert-OH is 1. The highest BCUT2D eigenvalue weighted by Crippen LogP contribution is 2.46. The fourth-order valence-corrected chi connectivity index (χ4v) is 5.67. The van der Waals surface area contributed by atoms with Gasteiger partial charge < -0.3 is 33.5 Å². The van der Waals surface area contributed by atoms with E-state index in [9.17, 15) is 14.7 Å². The Morgan fingerprint density at radius 3 is 1.93 bits per heavy atom. The van der Waals surface area contributed by atoms with Gasteiger partial charge in [-0.05, 0) is 47.9 Å². The fraction of sp³-hybridized carbons (Fsp3) is 0.353. The van der Waals surface area contributed by atoms with Gasteiger partial charge in [0.2, 0.25) is 0 Å². The normalized spacial score (nSPS) is 19.8. The van der Waals surface area contributed by atoms with Gasteiger partial charge in [-0.1, -0.05) is 54.6 Å². The summed E-state index contributed by atoms with van der Waals surface area (Å²) in [6, 6.07) is 24.8. The maximum atomic E-state index is 13.0. The second-order valence-electron chi connectivity index (χ2n) is 10.6. The van der Waals surface area contributed by atoms with Crippen LogP contribution in [0.25, 0.3) is 0 Å². The van der Waals surface area contributed by atoms with Crippen LogP contribution in [0.2, 0.25) is 0 Å². The highest BCUT2D eigenvalue weighted by atomic mass is 16.6. The Morgan fingerprint density at radius 1 is 0.822 bits per heavy atom. The van der Waals surface area contributed by atoms with E-state index < -0.39 is 48.0 Å². The van der Waals surface area contributed by atoms with Crippen LogP contribution in [0.15, 0.2) is 94.6 Å². The largest absolute Gasteiger partial charge is 0.497 e. The molecule has 0 amide bonds. The molecule has 3 aromatic carbocycles. The molecule has 4 aromatic rings. The molecule has 0 spiro atoms. The summed E-state index contributed by atoms with van der Waals surface area (Å²) < 4.78 is 37.3. The molecule has 1 unspecified atom stereocenters. The quantitative estimate of drug-likeness (QED) is 0.171. The number of hydrogen-bond donors (Lipinski definition) is 2. The van der Waals surface area contributed by atoms with E-state index in [1.165, 1.54) is 10.8 Å². The van der Waals surface area contributed by atoms with Gasteiger partial charge in [0, 0.05) is 18.9 Å². The molecule has 4 atom stereocenters. The molecule has 1 aliphatic rings. The highest BCUT2D eigenvalue weighted by molar-refractivity contribution is 5.50. The topological polar surface area (TPSA) is 130 Å². The first kappa shape index (κ1) is 32.1. The number of benzene rings is 3. The number of nitrogens with zero attached hydrogens (tertiary/aromatic N) is 1. The molecule has 0 radical (unpaired) electrons. The summed E-state index contributed by atoms with van der Waals surface area (Å²) >= 11 is 0. The molecule has 1 saturated heterocycles. The molecule has 0 saturated carbocycles. The summed E-state index contributed by atoms with van der Waals surface area (Å²) in [4.78, 5) is 27.6. The summed E-state index contributed by atoms with van der Waals surface area (Å²) in [6.45, 7) is 1.58. The number of rotatable bonds is 13. The molecule has 0 aliphatic carbocycles. The molecule has 1 fully saturated rings. The van der Waals surface area contributed by atoms with E-state index in [2.05, 4.69) is 4.98 Å². The molecule has 45 heavy (non-hydrogen) atoms. The van der Waals surface area contributed by atoms with Crippen LogP contribution in [0, 0.1) is 6.92 Å². The van der Waals surface area contributed by atoms with Crippen LogP contribution in [0.1, 0.15) is 28.5 Å². The Labute approximate surface area is 260 Å². The average Bonchev–Trinajstić information content (AvgIpc) is 3.42. The first-order valence-electron chi connectivity index (χ1n) is 14.6. The van der Waals surface area contributed by atoms with Crippen molar-refractivity contribution in [2.24, 2.45) is 0 Å². The molecule has 2 N–H and O–H groups in total. The van der Waals surface area contributed by atoms with Crippen LogP contribution in [0.5, 0.6) is 11.5 Å². The number of aromatic nitrogens is 2. The van der Waals surface area contributed by atoms with Crippen LogP contribution in [-0.2, 0) is 24.5 Å². The predicted octanol–water partition coefficient (Wildman–Crippen LogP) is 3.16. The lowest BCUT2D eigenvalue weighted by Gasteiger charge is -2.40. The van der Waals surface area contributed by atoms with Gasteiger partial charge in [-0.25, -0.2) is 4.79 Å². The van der Waals surface area contributed by atoms with Crippen molar-refractivity contribution in [2.45, 2.75) is 37.1 Å². The maximum absolute atomic E-state index is 13.0.